The van der Waals surface area contributed by atoms with E-state index in [0.717, 1.165) is 0 Å². The second-order valence-corrected chi connectivity index (χ2v) is 3.10. The quantitative estimate of drug-likeness (QED) is 0.623. The number of carbonyl (C=O) groups is 1. The van der Waals surface area contributed by atoms with Crippen LogP contribution < -0.4 is 5.11 Å². The molecule has 2 aromatic rings. The van der Waals surface area contributed by atoms with Gasteiger partial charge in [0.2, 0.25) is 0 Å². The Kier molecular flexibility index (Phi) is 4.84. The Labute approximate surface area is 119 Å². The van der Waals surface area contributed by atoms with Crippen molar-refractivity contribution in [2.24, 2.45) is 0 Å². The van der Waals surface area contributed by atoms with Gasteiger partial charge in [0.15, 0.2) is 0 Å². The molecule has 16 heavy (non-hydrogen) atoms. The van der Waals surface area contributed by atoms with Crippen molar-refractivity contribution < 1.29 is 42.6 Å². The molecule has 3 heteroatoms. The number of para-hydroxylation sites is 1. The largest absolute Gasteiger partial charge is 0.873 e. The summed E-state index contributed by atoms with van der Waals surface area (Å²) in [4.78, 5) is 11.8. The topological polar surface area (TPSA) is 40.1 Å². The van der Waals surface area contributed by atoms with Crippen LogP contribution in [-0.2, 0) is 32.7 Å². The molecule has 0 saturated carbocycles. The second-order valence-electron chi connectivity index (χ2n) is 3.10. The first-order valence-electron chi connectivity index (χ1n) is 4.56. The Hall–Kier alpha value is -0.986. The van der Waals surface area contributed by atoms with E-state index in [4.69, 9.17) is 0 Å². The summed E-state index contributed by atoms with van der Waals surface area (Å²) < 4.78 is 0. The van der Waals surface area contributed by atoms with Gasteiger partial charge in [-0.25, -0.2) is 0 Å². The molecule has 0 amide bonds. The molecule has 0 spiro atoms. The molecule has 0 aliphatic rings. The molecule has 2 aromatic carbocycles. The fraction of sp³-hybridized carbons (Fsp3) is 0. The van der Waals surface area contributed by atoms with Crippen molar-refractivity contribution in [2.45, 2.75) is 0 Å². The van der Waals surface area contributed by atoms with Gasteiger partial charge in [-0.3, -0.25) is 0 Å². The predicted molar refractivity (Wildman–Crippen MR) is 54.6 cm³/mol. The van der Waals surface area contributed by atoms with Crippen LogP contribution in [0.1, 0.15) is 15.9 Å². The zero-order valence-corrected chi connectivity index (χ0v) is 11.4. The van der Waals surface area contributed by atoms with Crippen molar-refractivity contribution >= 4 is 5.78 Å². The van der Waals surface area contributed by atoms with Crippen LogP contribution >= 0.6 is 0 Å². The number of hydrogen-bond donors (Lipinski definition) is 0. The molecule has 0 fully saturated rings. The van der Waals surface area contributed by atoms with Gasteiger partial charge in [-0.15, -0.1) is 41.6 Å². The molecule has 0 aliphatic carbocycles. The predicted octanol–water partition coefficient (Wildman–Crippen LogP) is 1.79. The van der Waals surface area contributed by atoms with E-state index in [0.29, 0.717) is 5.56 Å². The van der Waals surface area contributed by atoms with Crippen LogP contribution in [0, 0.1) is 6.07 Å². The molecule has 0 bridgehead atoms. The smallest absolute Gasteiger partial charge is 0.107 e. The molecule has 0 N–H and O–H groups in total. The van der Waals surface area contributed by atoms with E-state index in [1.165, 1.54) is 12.1 Å². The number of carbonyl (C=O) groups excluding carboxylic acids is 1. The Balaban J connectivity index is 0.00000128. The van der Waals surface area contributed by atoms with Gasteiger partial charge in [-0.2, -0.15) is 0 Å². The Morgan fingerprint density at radius 3 is 2.38 bits per heavy atom. The molecule has 77 valence electrons. The number of rotatable bonds is 2. The fourth-order valence-electron chi connectivity index (χ4n) is 1.33. The minimum absolute atomic E-state index is 0. The first-order valence-corrected chi connectivity index (χ1v) is 4.56. The Bertz CT molecular complexity index is 480. The van der Waals surface area contributed by atoms with Gasteiger partial charge >= 0.3 is 0 Å². The first-order chi connectivity index (χ1) is 7.29. The fourth-order valence-corrected chi connectivity index (χ4v) is 1.33. The number of benzene rings is 2. The maximum Gasteiger partial charge on any atom is 0.107 e. The van der Waals surface area contributed by atoms with Crippen LogP contribution in [0.2, 0.25) is 0 Å². The zero-order chi connectivity index (χ0) is 10.7. The van der Waals surface area contributed by atoms with E-state index in [1.54, 1.807) is 36.4 Å². The third-order valence-electron chi connectivity index (χ3n) is 2.09. The van der Waals surface area contributed by atoms with Gasteiger partial charge in [0.05, 0.1) is 0 Å². The molecule has 2 rings (SSSR count). The maximum atomic E-state index is 11.8. The van der Waals surface area contributed by atoms with Crippen molar-refractivity contribution in [1.82, 2.24) is 0 Å². The van der Waals surface area contributed by atoms with Crippen LogP contribution in [-0.4, -0.2) is 5.78 Å². The third-order valence-corrected chi connectivity index (χ3v) is 2.09. The van der Waals surface area contributed by atoms with E-state index in [-0.39, 0.29) is 49.8 Å². The average molecular weight is 285 g/mol. The number of ketones is 1. The van der Waals surface area contributed by atoms with Crippen LogP contribution in [0.4, 0.5) is 0 Å². The summed E-state index contributed by atoms with van der Waals surface area (Å²) >= 11 is 0. The van der Waals surface area contributed by atoms with E-state index >= 15 is 0 Å². The third kappa shape index (κ3) is 2.78. The summed E-state index contributed by atoms with van der Waals surface area (Å²) in [7, 11) is 0. The molecule has 0 atom stereocenters. The summed E-state index contributed by atoms with van der Waals surface area (Å²) in [6.07, 6.45) is 0. The van der Waals surface area contributed by atoms with Gasteiger partial charge in [-0.05, 0) is 5.56 Å². The average Bonchev–Trinajstić information content (AvgIpc) is 2.30. The minimum Gasteiger partial charge on any atom is -0.873 e. The molecule has 0 saturated heterocycles. The molecule has 0 aromatic heterocycles. The van der Waals surface area contributed by atoms with E-state index in [1.807, 2.05) is 0 Å². The Morgan fingerprint density at radius 1 is 1.06 bits per heavy atom. The van der Waals surface area contributed by atoms with Crippen molar-refractivity contribution in [3.63, 3.8) is 0 Å². The van der Waals surface area contributed by atoms with Crippen molar-refractivity contribution in [3.8, 4) is 5.75 Å². The van der Waals surface area contributed by atoms with Crippen molar-refractivity contribution in [3.05, 3.63) is 65.7 Å². The molecule has 0 aliphatic heterocycles. The number of hydrogen-bond acceptors (Lipinski definition) is 2. The molecule has 0 unspecified atom stereocenters. The van der Waals surface area contributed by atoms with Gasteiger partial charge in [0, 0.05) is 32.7 Å². The van der Waals surface area contributed by atoms with Crippen LogP contribution in [0.5, 0.6) is 5.75 Å². The molecule has 2 nitrogen and oxygen atoms in total. The Morgan fingerprint density at radius 2 is 1.75 bits per heavy atom. The van der Waals surface area contributed by atoms with E-state index in [9.17, 15) is 9.90 Å². The molecule has 1 radical (unpaired) electrons. The molecular weight excluding hydrogens is 277 g/mol. The van der Waals surface area contributed by atoms with Gasteiger partial charge in [0.25, 0.3) is 0 Å². The van der Waals surface area contributed by atoms with Gasteiger partial charge in [-0.1, -0.05) is 24.3 Å². The second kappa shape index (κ2) is 5.93. The summed E-state index contributed by atoms with van der Waals surface area (Å²) in [5.74, 6) is -0.527. The van der Waals surface area contributed by atoms with Crippen molar-refractivity contribution in [2.75, 3.05) is 0 Å². The summed E-state index contributed by atoms with van der Waals surface area (Å²) in [5, 5.41) is 11.4. The van der Waals surface area contributed by atoms with E-state index in [2.05, 4.69) is 6.07 Å². The summed E-state index contributed by atoms with van der Waals surface area (Å²) in [5.41, 5.74) is 0.612. The summed E-state index contributed by atoms with van der Waals surface area (Å²) in [6, 6.07) is 15.8. The van der Waals surface area contributed by atoms with E-state index < -0.39 is 0 Å². The van der Waals surface area contributed by atoms with Gasteiger partial charge in [0.1, 0.15) is 5.78 Å². The molecule has 0 heterocycles. The van der Waals surface area contributed by atoms with Crippen LogP contribution in [0.15, 0.2) is 48.5 Å². The standard InChI is InChI=1S/C13H9O2.Y/c14-12-9-5-4-8-11(12)13(15)10-6-2-1-3-7-10;/h1-6,8-9,14H;/q-1;/p-1. The first kappa shape index (κ1) is 13.1. The maximum absolute atomic E-state index is 11.8. The van der Waals surface area contributed by atoms with Crippen LogP contribution in [0.3, 0.4) is 0 Å². The van der Waals surface area contributed by atoms with Gasteiger partial charge < -0.3 is 9.90 Å². The SMILES string of the molecule is O=C(c1[c-]cccc1)c1ccccc1[O-].[Y]. The van der Waals surface area contributed by atoms with Crippen LogP contribution in [0.25, 0.3) is 0 Å². The van der Waals surface area contributed by atoms with Crippen molar-refractivity contribution in [1.29, 1.82) is 0 Å². The zero-order valence-electron chi connectivity index (χ0n) is 8.51. The molecular formula is C13H8O2Y-2. The monoisotopic (exact) mass is 285 g/mol. The normalized spacial score (nSPS) is 9.25. The summed E-state index contributed by atoms with van der Waals surface area (Å²) in [6.45, 7) is 0. The minimum atomic E-state index is -0.277.